The van der Waals surface area contributed by atoms with Crippen LogP contribution in [0.3, 0.4) is 0 Å². The molecule has 2 N–H and O–H groups in total. The normalized spacial score (nSPS) is 17.7. The molecule has 3 rings (SSSR count). The van der Waals surface area contributed by atoms with Gasteiger partial charge in [0, 0.05) is 12.1 Å². The van der Waals surface area contributed by atoms with E-state index < -0.39 is 16.1 Å². The number of benzene rings is 1. The largest absolute Gasteiger partial charge is 0.433 e. The minimum Gasteiger partial charge on any atom is -0.400 e. The van der Waals surface area contributed by atoms with Crippen molar-refractivity contribution in [3.05, 3.63) is 57.3 Å². The quantitative estimate of drug-likeness (QED) is 0.422. The van der Waals surface area contributed by atoms with Crippen LogP contribution in [0.15, 0.2) is 45.0 Å². The van der Waals surface area contributed by atoms with Crippen molar-refractivity contribution >= 4 is 46.5 Å². The molecule has 11 heteroatoms. The predicted molar refractivity (Wildman–Crippen MR) is 109 cm³/mol. The average Bonchev–Trinajstić information content (AvgIpc) is 3.25. The van der Waals surface area contributed by atoms with Crippen LogP contribution in [0.4, 0.5) is 11.6 Å². The maximum absolute atomic E-state index is 12.3. The molecule has 1 aromatic heterocycles. The topological polar surface area (TPSA) is 139 Å². The van der Waals surface area contributed by atoms with Crippen molar-refractivity contribution in [2.24, 2.45) is 10.2 Å². The second-order valence-electron chi connectivity index (χ2n) is 6.25. The van der Waals surface area contributed by atoms with Crippen molar-refractivity contribution in [2.75, 3.05) is 5.32 Å². The van der Waals surface area contributed by atoms with Gasteiger partial charge in [0.25, 0.3) is 0 Å². The van der Waals surface area contributed by atoms with E-state index in [0.29, 0.717) is 5.69 Å². The molecule has 2 heterocycles. The van der Waals surface area contributed by atoms with Gasteiger partial charge in [0.05, 0.1) is 12.3 Å². The lowest BCUT2D eigenvalue weighted by atomic mass is 10.1. The van der Waals surface area contributed by atoms with E-state index in [1.807, 2.05) is 32.0 Å². The number of hydrogen-bond donors (Lipinski definition) is 2. The lowest BCUT2D eigenvalue weighted by Gasteiger charge is -2.10. The number of nitrogens with one attached hydrogen (secondary N) is 2. The summed E-state index contributed by atoms with van der Waals surface area (Å²) < 4.78 is 4.91. The molecule has 1 aliphatic rings. The number of carbonyl (C=O) groups is 2. The lowest BCUT2D eigenvalue weighted by Crippen LogP contribution is -2.28. The number of carbonyl (C=O) groups excluding carboxylic acids is 2. The molecule has 0 unspecified atom stereocenters. The Morgan fingerprint density at radius 1 is 1.38 bits per heavy atom. The molecule has 29 heavy (non-hydrogen) atoms. The van der Waals surface area contributed by atoms with Gasteiger partial charge in [0.15, 0.2) is 10.9 Å². The van der Waals surface area contributed by atoms with Crippen molar-refractivity contribution < 1.29 is 18.9 Å². The van der Waals surface area contributed by atoms with Crippen LogP contribution in [0.1, 0.15) is 23.3 Å². The van der Waals surface area contributed by atoms with Gasteiger partial charge in [0.2, 0.25) is 11.8 Å². The van der Waals surface area contributed by atoms with E-state index in [4.69, 9.17) is 4.42 Å². The van der Waals surface area contributed by atoms with Crippen LogP contribution in [0.2, 0.25) is 0 Å². The Hall–Kier alpha value is -3.47. The monoisotopic (exact) mass is 415 g/mol. The number of amidine groups is 1. The van der Waals surface area contributed by atoms with Gasteiger partial charge in [0.1, 0.15) is 10.2 Å². The highest BCUT2D eigenvalue weighted by atomic mass is 32.2. The van der Waals surface area contributed by atoms with Crippen molar-refractivity contribution in [1.29, 1.82) is 0 Å². The van der Waals surface area contributed by atoms with E-state index in [1.54, 1.807) is 0 Å². The Morgan fingerprint density at radius 2 is 2.17 bits per heavy atom. The molecule has 0 bridgehead atoms. The summed E-state index contributed by atoms with van der Waals surface area (Å²) in [7, 11) is 0. The molecule has 2 aromatic rings. The molecule has 1 atom stereocenters. The third-order valence-electron chi connectivity index (χ3n) is 3.93. The lowest BCUT2D eigenvalue weighted by molar-refractivity contribution is -0.402. The number of amides is 2. The van der Waals surface area contributed by atoms with Crippen molar-refractivity contribution in [3.8, 4) is 0 Å². The molecule has 10 nitrogen and oxygen atoms in total. The van der Waals surface area contributed by atoms with Gasteiger partial charge in [-0.2, -0.15) is 5.10 Å². The highest BCUT2D eigenvalue weighted by molar-refractivity contribution is 8.15. The number of furan rings is 1. The number of nitrogens with zero attached hydrogens (tertiary/aromatic N) is 3. The zero-order valence-corrected chi connectivity index (χ0v) is 16.4. The number of anilines is 1. The first-order valence-corrected chi connectivity index (χ1v) is 9.39. The summed E-state index contributed by atoms with van der Waals surface area (Å²) in [6.45, 7) is 3.87. The first-order chi connectivity index (χ1) is 13.8. The molecule has 0 radical (unpaired) electrons. The fourth-order valence-corrected chi connectivity index (χ4v) is 3.48. The van der Waals surface area contributed by atoms with Gasteiger partial charge < -0.3 is 15.1 Å². The Kier molecular flexibility index (Phi) is 6.07. The molecule has 1 aliphatic heterocycles. The van der Waals surface area contributed by atoms with E-state index >= 15 is 0 Å². The summed E-state index contributed by atoms with van der Waals surface area (Å²) in [5, 5.41) is 23.1. The first-order valence-electron chi connectivity index (χ1n) is 8.51. The molecular formula is C18H17N5O5S. The molecule has 0 aliphatic carbocycles. The van der Waals surface area contributed by atoms with Crippen LogP contribution in [-0.2, 0) is 9.59 Å². The summed E-state index contributed by atoms with van der Waals surface area (Å²) in [5.41, 5.74) is 2.74. The van der Waals surface area contributed by atoms with Gasteiger partial charge in [-0.15, -0.1) is 5.10 Å². The molecule has 150 valence electrons. The molecular weight excluding hydrogens is 398 g/mol. The highest BCUT2D eigenvalue weighted by Gasteiger charge is 2.32. The van der Waals surface area contributed by atoms with E-state index in [9.17, 15) is 19.7 Å². The summed E-state index contributed by atoms with van der Waals surface area (Å²) in [6, 6.07) is 8.26. The van der Waals surface area contributed by atoms with Gasteiger partial charge in [-0.3, -0.25) is 19.7 Å². The molecule has 1 fully saturated rings. The molecule has 0 spiro atoms. The summed E-state index contributed by atoms with van der Waals surface area (Å²) >= 11 is 1.09. The number of aryl methyl sites for hydroxylation is 2. The third-order valence-corrected chi connectivity index (χ3v) is 5.00. The summed E-state index contributed by atoms with van der Waals surface area (Å²) in [4.78, 5) is 34.2. The second kappa shape index (κ2) is 8.69. The van der Waals surface area contributed by atoms with Crippen LogP contribution in [0, 0.1) is 24.0 Å². The van der Waals surface area contributed by atoms with E-state index in [0.717, 1.165) is 22.9 Å². The maximum Gasteiger partial charge on any atom is 0.433 e. The van der Waals surface area contributed by atoms with Gasteiger partial charge in [-0.1, -0.05) is 29.5 Å². The van der Waals surface area contributed by atoms with Gasteiger partial charge >= 0.3 is 5.88 Å². The maximum atomic E-state index is 12.3. The molecule has 1 aromatic carbocycles. The predicted octanol–water partition coefficient (Wildman–Crippen LogP) is 2.75. The van der Waals surface area contributed by atoms with Crippen molar-refractivity contribution in [3.63, 3.8) is 0 Å². The number of rotatable bonds is 6. The average molecular weight is 415 g/mol. The Balaban J connectivity index is 1.56. The van der Waals surface area contributed by atoms with Crippen LogP contribution in [0.5, 0.6) is 0 Å². The van der Waals surface area contributed by atoms with E-state index in [1.165, 1.54) is 18.3 Å². The summed E-state index contributed by atoms with van der Waals surface area (Å²) in [5.74, 6) is -0.872. The fraction of sp³-hybridized carbons (Fsp3) is 0.222. The van der Waals surface area contributed by atoms with E-state index in [-0.39, 0.29) is 29.2 Å². The zero-order valence-electron chi connectivity index (χ0n) is 15.5. The standard InChI is InChI=1S/C18H17N5O5S/c1-10-3-5-13(11(2)7-10)20-15(24)8-14-17(25)21-18(29-14)22-19-9-12-4-6-16(28-12)23(26)27/h3-7,9,14H,8H2,1-2H3,(H,20,24)(H,21,22,25)/b19-9-/t14-/m0/s1. The van der Waals surface area contributed by atoms with Crippen LogP contribution in [0.25, 0.3) is 0 Å². The van der Waals surface area contributed by atoms with Crippen LogP contribution >= 0.6 is 11.8 Å². The molecule has 0 saturated carbocycles. The van der Waals surface area contributed by atoms with Gasteiger partial charge in [-0.05, 0) is 31.5 Å². The smallest absolute Gasteiger partial charge is 0.400 e. The van der Waals surface area contributed by atoms with Crippen LogP contribution in [-0.4, -0.2) is 33.4 Å². The minimum absolute atomic E-state index is 0.0169. The number of nitro groups is 1. The minimum atomic E-state index is -0.663. The second-order valence-corrected chi connectivity index (χ2v) is 7.44. The summed E-state index contributed by atoms with van der Waals surface area (Å²) in [6.07, 6.45) is 1.17. The Morgan fingerprint density at radius 3 is 2.86 bits per heavy atom. The first kappa shape index (κ1) is 20.3. The highest BCUT2D eigenvalue weighted by Crippen LogP contribution is 2.24. The Labute approximate surface area is 169 Å². The van der Waals surface area contributed by atoms with Gasteiger partial charge in [-0.25, -0.2) is 0 Å². The third kappa shape index (κ3) is 5.29. The molecule has 1 saturated heterocycles. The van der Waals surface area contributed by atoms with Crippen molar-refractivity contribution in [2.45, 2.75) is 25.5 Å². The van der Waals surface area contributed by atoms with Crippen molar-refractivity contribution in [1.82, 2.24) is 5.32 Å². The molecule has 2 amide bonds. The number of hydrogen-bond acceptors (Lipinski definition) is 8. The van der Waals surface area contributed by atoms with Crippen LogP contribution < -0.4 is 10.6 Å². The SMILES string of the molecule is Cc1ccc(NC(=O)C[C@@H]2S/C(=N\N=C/c3ccc([N+](=O)[O-])o3)NC2=O)c(C)c1. The zero-order chi connectivity index (χ0) is 21.0. The van der Waals surface area contributed by atoms with E-state index in [2.05, 4.69) is 20.8 Å². The fourth-order valence-electron chi connectivity index (χ4n) is 2.56. The number of thioether (sulfide) groups is 1. The Bertz CT molecular complexity index is 1030.